The highest BCUT2D eigenvalue weighted by Gasteiger charge is 2.65. The van der Waals surface area contributed by atoms with E-state index in [1.165, 1.54) is 12.1 Å². The average Bonchev–Trinajstić information content (AvgIpc) is 4.08. The van der Waals surface area contributed by atoms with E-state index in [-0.39, 0.29) is 62.9 Å². The number of unbranched alkanes of at least 4 members (excludes halogenated alkanes) is 2. The number of amides is 1. The monoisotopic (exact) mass is 830 g/mol. The molecule has 2 aromatic carbocycles. The van der Waals surface area contributed by atoms with Crippen molar-refractivity contribution in [3.63, 3.8) is 0 Å². The molecule has 4 aliphatic rings. The molecule has 2 N–H and O–H groups in total. The van der Waals surface area contributed by atoms with E-state index < -0.39 is 28.8 Å². The minimum Gasteiger partial charge on any atom is -0.492 e. The van der Waals surface area contributed by atoms with Crippen molar-refractivity contribution < 1.29 is 43.7 Å². The van der Waals surface area contributed by atoms with Gasteiger partial charge in [-0.3, -0.25) is 19.9 Å². The van der Waals surface area contributed by atoms with Gasteiger partial charge in [0.15, 0.2) is 0 Å². The first-order valence-corrected chi connectivity index (χ1v) is 21.6. The van der Waals surface area contributed by atoms with Crippen molar-refractivity contribution in [3.05, 3.63) is 101 Å². The van der Waals surface area contributed by atoms with E-state index in [0.717, 1.165) is 62.2 Å². The number of aliphatic hydroxyl groups is 2. The molecule has 6 atom stereocenters. The van der Waals surface area contributed by atoms with E-state index in [1.54, 1.807) is 29.2 Å². The number of fused-ring (bicyclic) bond motifs is 2. The number of benzene rings is 2. The predicted molar refractivity (Wildman–Crippen MR) is 228 cm³/mol. The van der Waals surface area contributed by atoms with Gasteiger partial charge in [0.25, 0.3) is 5.69 Å². The molecule has 2 fully saturated rings. The second kappa shape index (κ2) is 21.7. The maximum Gasteiger partial charge on any atom is 0.410 e. The van der Waals surface area contributed by atoms with Gasteiger partial charge in [-0.15, -0.1) is 13.2 Å². The molecule has 1 saturated heterocycles. The van der Waals surface area contributed by atoms with Gasteiger partial charge in [-0.2, -0.15) is 0 Å². The molecule has 0 bridgehead atoms. The predicted octanol–water partition coefficient (Wildman–Crippen LogP) is 7.55. The molecule has 1 saturated carbocycles. The molecule has 326 valence electrons. The fraction of sp³-hybridized carbons (Fsp3) is 0.565. The van der Waals surface area contributed by atoms with Crippen LogP contribution in [0.15, 0.2) is 84.6 Å². The number of hydrogen-bond donors (Lipinski definition) is 2. The molecule has 0 spiro atoms. The van der Waals surface area contributed by atoms with Crippen LogP contribution in [0.5, 0.6) is 11.5 Å². The topological polar surface area (TPSA) is 165 Å². The number of carbonyl (C=O) groups excluding carboxylic acids is 1. The number of aliphatic hydroxyl groups excluding tert-OH is 2. The lowest BCUT2D eigenvalue weighted by Gasteiger charge is -2.59. The highest BCUT2D eigenvalue weighted by atomic mass is 16.7. The van der Waals surface area contributed by atoms with Crippen LogP contribution in [0, 0.1) is 27.9 Å². The van der Waals surface area contributed by atoms with Crippen LogP contribution in [-0.4, -0.2) is 108 Å². The van der Waals surface area contributed by atoms with Crippen LogP contribution in [0.2, 0.25) is 0 Å². The van der Waals surface area contributed by atoms with Crippen LogP contribution in [0.1, 0.15) is 81.8 Å². The van der Waals surface area contributed by atoms with Crippen LogP contribution in [-0.2, 0) is 20.9 Å². The maximum atomic E-state index is 14.2. The van der Waals surface area contributed by atoms with Gasteiger partial charge in [-0.1, -0.05) is 43.1 Å². The third kappa shape index (κ3) is 10.6. The van der Waals surface area contributed by atoms with E-state index in [9.17, 15) is 25.1 Å². The van der Waals surface area contributed by atoms with Crippen LogP contribution >= 0.6 is 0 Å². The Labute approximate surface area is 353 Å². The van der Waals surface area contributed by atoms with Crippen LogP contribution in [0.25, 0.3) is 0 Å². The lowest BCUT2D eigenvalue weighted by atomic mass is 9.55. The van der Waals surface area contributed by atoms with E-state index >= 15 is 0 Å². The van der Waals surface area contributed by atoms with Gasteiger partial charge < -0.3 is 34.0 Å². The molecular weight excluding hydrogens is 769 g/mol. The fourth-order valence-electron chi connectivity index (χ4n) is 9.15. The summed E-state index contributed by atoms with van der Waals surface area (Å²) >= 11 is 0. The second-order valence-electron chi connectivity index (χ2n) is 16.0. The van der Waals surface area contributed by atoms with Crippen molar-refractivity contribution in [1.82, 2.24) is 9.80 Å². The molecule has 2 heterocycles. The number of non-ortho nitro benzene ring substituents is 1. The maximum absolute atomic E-state index is 14.2. The SMILES string of the molecule is C=CCCOC(=O)N(CCC)C1CC(=NOCc2ccc([N+](=O)[O-])cc2)C2=CC(CCCCO)C(CCCCO)C3c4cc(OCCN5CC5)ccc4OC1(OCC=C)C23. The van der Waals surface area contributed by atoms with Crippen LogP contribution in [0.4, 0.5) is 10.5 Å². The number of allylic oxidation sites excluding steroid dienone is 1. The number of nitrogens with zero attached hydrogens (tertiary/aromatic N) is 4. The molecule has 2 aromatic rings. The molecule has 1 amide bonds. The zero-order valence-corrected chi connectivity index (χ0v) is 35.0. The molecule has 2 aliphatic heterocycles. The second-order valence-corrected chi connectivity index (χ2v) is 16.0. The number of rotatable bonds is 25. The van der Waals surface area contributed by atoms with E-state index in [2.05, 4.69) is 30.2 Å². The first-order chi connectivity index (χ1) is 29.3. The average molecular weight is 831 g/mol. The normalized spacial score (nSPS) is 24.6. The zero-order chi connectivity index (χ0) is 42.5. The third-order valence-electron chi connectivity index (χ3n) is 12.0. The Morgan fingerprint density at radius 3 is 2.52 bits per heavy atom. The van der Waals surface area contributed by atoms with Crippen LogP contribution in [0.3, 0.4) is 0 Å². The summed E-state index contributed by atoms with van der Waals surface area (Å²) in [5, 5.41) is 36.0. The molecule has 6 rings (SSSR count). The summed E-state index contributed by atoms with van der Waals surface area (Å²) in [5.74, 6) is -0.569. The Hall–Kier alpha value is -4.76. The van der Waals surface area contributed by atoms with Crippen molar-refractivity contribution in [1.29, 1.82) is 0 Å². The van der Waals surface area contributed by atoms with Crippen molar-refractivity contribution in [2.24, 2.45) is 22.9 Å². The van der Waals surface area contributed by atoms with Crippen molar-refractivity contribution >= 4 is 17.5 Å². The largest absolute Gasteiger partial charge is 0.492 e. The Bertz CT molecular complexity index is 1830. The number of ether oxygens (including phenoxy) is 4. The molecule has 14 nitrogen and oxygen atoms in total. The van der Waals surface area contributed by atoms with Gasteiger partial charge in [0, 0.05) is 69.4 Å². The van der Waals surface area contributed by atoms with Crippen molar-refractivity contribution in [3.8, 4) is 11.5 Å². The minimum absolute atomic E-state index is 0.0157. The summed E-state index contributed by atoms with van der Waals surface area (Å²) in [6.45, 7) is 14.3. The van der Waals surface area contributed by atoms with Crippen molar-refractivity contribution in [2.45, 2.75) is 89.1 Å². The number of nitro groups is 1. The highest BCUT2D eigenvalue weighted by Crippen LogP contribution is 2.62. The highest BCUT2D eigenvalue weighted by molar-refractivity contribution is 6.03. The number of carbonyl (C=O) groups is 1. The first kappa shape index (κ1) is 44.8. The summed E-state index contributed by atoms with van der Waals surface area (Å²) in [5.41, 5.74) is 3.23. The number of oxime groups is 1. The van der Waals surface area contributed by atoms with Gasteiger partial charge >= 0.3 is 6.09 Å². The summed E-state index contributed by atoms with van der Waals surface area (Å²) in [4.78, 5) is 35.3. The molecule has 60 heavy (non-hydrogen) atoms. The Morgan fingerprint density at radius 1 is 1.07 bits per heavy atom. The van der Waals surface area contributed by atoms with E-state index in [1.807, 2.05) is 19.1 Å². The summed E-state index contributed by atoms with van der Waals surface area (Å²) in [6, 6.07) is 11.5. The van der Waals surface area contributed by atoms with E-state index in [4.69, 9.17) is 28.9 Å². The summed E-state index contributed by atoms with van der Waals surface area (Å²) < 4.78 is 26.5. The molecule has 2 aliphatic carbocycles. The summed E-state index contributed by atoms with van der Waals surface area (Å²) in [7, 11) is 0. The Morgan fingerprint density at radius 2 is 1.83 bits per heavy atom. The van der Waals surface area contributed by atoms with Crippen molar-refractivity contribution in [2.75, 3.05) is 59.2 Å². The summed E-state index contributed by atoms with van der Waals surface area (Å²) in [6.07, 6.45) is 11.1. The number of hydrogen-bond acceptors (Lipinski definition) is 12. The number of nitro benzene ring substituents is 1. The van der Waals surface area contributed by atoms with Gasteiger partial charge in [0.1, 0.15) is 30.8 Å². The minimum atomic E-state index is -1.41. The standard InChI is InChI=1S/C46H62N4O10/c1-4-7-27-57-45(53)49(20-5-2)42-31-40(47-59-32-33-14-16-35(17-15-33)50(54)55)38-29-34(12-8-10-24-51)37(13-9-11-25-52)43-39-30-36(56-28-23-48-21-22-48)18-19-41(39)60-46(42,44(38)43)58-26-6-3/h4,6,14-19,29-30,34,37,42-44,51-52H,1,3,5,7-13,20-28,31-32H2,2H3. The fourth-order valence-corrected chi connectivity index (χ4v) is 9.15. The Kier molecular flexibility index (Phi) is 16.2. The smallest absolute Gasteiger partial charge is 0.410 e. The lowest BCUT2D eigenvalue weighted by Crippen LogP contribution is -2.70. The Balaban J connectivity index is 1.52. The van der Waals surface area contributed by atoms with Gasteiger partial charge in [0.2, 0.25) is 5.79 Å². The van der Waals surface area contributed by atoms with Gasteiger partial charge in [-0.25, -0.2) is 4.79 Å². The molecule has 6 unspecified atom stereocenters. The van der Waals surface area contributed by atoms with Gasteiger partial charge in [-0.05, 0) is 91.8 Å². The first-order valence-electron chi connectivity index (χ1n) is 21.6. The van der Waals surface area contributed by atoms with Gasteiger partial charge in [0.05, 0.1) is 29.8 Å². The van der Waals surface area contributed by atoms with Crippen LogP contribution < -0.4 is 9.47 Å². The third-order valence-corrected chi connectivity index (χ3v) is 12.0. The molecule has 0 radical (unpaired) electrons. The lowest BCUT2D eigenvalue weighted by molar-refractivity contribution is -0.384. The zero-order valence-electron chi connectivity index (χ0n) is 35.0. The molecule has 0 aromatic heterocycles. The van der Waals surface area contributed by atoms with E-state index in [0.29, 0.717) is 55.9 Å². The quantitative estimate of drug-likeness (QED) is 0.0334. The molecule has 14 heteroatoms. The molecular formula is C46H62N4O10.